The van der Waals surface area contributed by atoms with Crippen molar-refractivity contribution in [2.75, 3.05) is 26.3 Å². The van der Waals surface area contributed by atoms with Gasteiger partial charge in [-0.25, -0.2) is 0 Å². The Labute approximate surface area is 208 Å². The zero-order chi connectivity index (χ0) is 24.7. The maximum atomic E-state index is 13.2. The summed E-state index contributed by atoms with van der Waals surface area (Å²) in [5, 5.41) is 10.2. The first-order chi connectivity index (χ1) is 16.2. The van der Waals surface area contributed by atoms with Crippen molar-refractivity contribution in [2.24, 2.45) is 0 Å². The summed E-state index contributed by atoms with van der Waals surface area (Å²) in [6.45, 7) is 6.45. The number of halogens is 4. The van der Waals surface area contributed by atoms with Gasteiger partial charge >= 0.3 is 6.18 Å². The highest BCUT2D eigenvalue weighted by molar-refractivity contribution is 7.80. The van der Waals surface area contributed by atoms with E-state index >= 15 is 0 Å². The van der Waals surface area contributed by atoms with E-state index in [-0.39, 0.29) is 10.9 Å². The smallest absolute Gasteiger partial charge is 0.436 e. The highest BCUT2D eigenvalue weighted by Crippen LogP contribution is 2.46. The van der Waals surface area contributed by atoms with Crippen molar-refractivity contribution in [1.82, 2.24) is 20.4 Å². The minimum Gasteiger partial charge on any atom is -0.490 e. The van der Waals surface area contributed by atoms with E-state index in [1.165, 1.54) is 4.68 Å². The van der Waals surface area contributed by atoms with Gasteiger partial charge in [0, 0.05) is 25.6 Å². The molecule has 1 aliphatic carbocycles. The molecule has 1 aromatic heterocycles. The first kappa shape index (κ1) is 26.4. The summed E-state index contributed by atoms with van der Waals surface area (Å²) in [6, 6.07) is 5.87. The summed E-state index contributed by atoms with van der Waals surface area (Å²) in [4.78, 5) is 0. The molecule has 1 heterocycles. The average molecular weight is 519 g/mol. The predicted molar refractivity (Wildman–Crippen MR) is 130 cm³/mol. The monoisotopic (exact) mass is 518 g/mol. The van der Waals surface area contributed by atoms with Crippen LogP contribution in [0.4, 0.5) is 13.2 Å². The number of nitrogens with one attached hydrogen (secondary N) is 2. The summed E-state index contributed by atoms with van der Waals surface area (Å²) in [6.07, 6.45) is -1.56. The molecule has 11 heteroatoms. The predicted octanol–water partition coefficient (Wildman–Crippen LogP) is 5.33. The minimum absolute atomic E-state index is 0.0673. The van der Waals surface area contributed by atoms with Gasteiger partial charge in [0.05, 0.1) is 23.9 Å². The van der Waals surface area contributed by atoms with Gasteiger partial charge < -0.3 is 20.1 Å². The van der Waals surface area contributed by atoms with Gasteiger partial charge in [-0.1, -0.05) is 17.7 Å². The second-order valence-electron chi connectivity index (χ2n) is 7.98. The second-order valence-corrected chi connectivity index (χ2v) is 8.76. The lowest BCUT2D eigenvalue weighted by atomic mass is 10.1. The number of rotatable bonds is 12. The summed E-state index contributed by atoms with van der Waals surface area (Å²) >= 11 is 11.3. The Morgan fingerprint density at radius 1 is 1.15 bits per heavy atom. The molecule has 34 heavy (non-hydrogen) atoms. The molecule has 0 radical (unpaired) electrons. The van der Waals surface area contributed by atoms with Gasteiger partial charge in [-0.2, -0.15) is 18.3 Å². The van der Waals surface area contributed by atoms with E-state index in [9.17, 15) is 13.2 Å². The van der Waals surface area contributed by atoms with Gasteiger partial charge in [0.15, 0.2) is 22.3 Å². The van der Waals surface area contributed by atoms with Gasteiger partial charge in [0.1, 0.15) is 0 Å². The molecule has 0 saturated heterocycles. The Morgan fingerprint density at radius 2 is 1.82 bits per heavy atom. The van der Waals surface area contributed by atoms with E-state index in [1.807, 2.05) is 32.0 Å². The summed E-state index contributed by atoms with van der Waals surface area (Å²) in [5.74, 6) is 1.52. The quantitative estimate of drug-likeness (QED) is 0.293. The lowest BCUT2D eigenvalue weighted by molar-refractivity contribution is -0.141. The average Bonchev–Trinajstić information content (AvgIpc) is 3.55. The standard InChI is InChI=1S/C23H30ClF3N4O2S/c1-3-32-17-9-6-15(14-18(17)33-4-2)10-12-29-22(34)28-11-5-13-31-20(16-7-8-16)19(24)21(30-31)23(25,26)27/h6,9,14,16H,3-5,7-8,10-13H2,1-2H3,(H2,28,29,34). The molecule has 1 aliphatic rings. The van der Waals surface area contributed by atoms with Crippen molar-refractivity contribution in [3.8, 4) is 11.5 Å². The molecule has 3 rings (SSSR count). The van der Waals surface area contributed by atoms with Gasteiger partial charge in [0.25, 0.3) is 0 Å². The highest BCUT2D eigenvalue weighted by Gasteiger charge is 2.41. The summed E-state index contributed by atoms with van der Waals surface area (Å²) in [5.41, 5.74) is 0.588. The van der Waals surface area contributed by atoms with Crippen LogP contribution >= 0.6 is 23.8 Å². The molecule has 2 N–H and O–H groups in total. The molecule has 0 spiro atoms. The molecule has 0 amide bonds. The van der Waals surface area contributed by atoms with Gasteiger partial charge in [-0.05, 0) is 69.4 Å². The minimum atomic E-state index is -4.55. The molecule has 0 unspecified atom stereocenters. The Hall–Kier alpha value is -2.20. The number of thiocarbonyl (C=S) groups is 1. The molecule has 6 nitrogen and oxygen atoms in total. The third kappa shape index (κ3) is 7.15. The number of ether oxygens (including phenoxy) is 2. The Morgan fingerprint density at radius 3 is 2.47 bits per heavy atom. The van der Waals surface area contributed by atoms with Crippen molar-refractivity contribution in [3.63, 3.8) is 0 Å². The van der Waals surface area contributed by atoms with Crippen LogP contribution in [0.5, 0.6) is 11.5 Å². The first-order valence-electron chi connectivity index (χ1n) is 11.5. The number of hydrogen-bond acceptors (Lipinski definition) is 4. The Balaban J connectivity index is 1.42. The highest BCUT2D eigenvalue weighted by atomic mass is 35.5. The maximum Gasteiger partial charge on any atom is 0.436 e. The Kier molecular flexibility index (Phi) is 9.30. The van der Waals surface area contributed by atoms with Crippen LogP contribution in [0.15, 0.2) is 18.2 Å². The van der Waals surface area contributed by atoms with Crippen LogP contribution in [0.2, 0.25) is 5.02 Å². The molecule has 0 bridgehead atoms. The van der Waals surface area contributed by atoms with Crippen LogP contribution in [-0.2, 0) is 19.1 Å². The first-order valence-corrected chi connectivity index (χ1v) is 12.3. The summed E-state index contributed by atoms with van der Waals surface area (Å²) in [7, 11) is 0. The molecular weight excluding hydrogens is 489 g/mol. The zero-order valence-corrected chi connectivity index (χ0v) is 20.9. The number of aromatic nitrogens is 2. The third-order valence-electron chi connectivity index (χ3n) is 5.30. The van der Waals surface area contributed by atoms with E-state index < -0.39 is 11.9 Å². The molecule has 1 aromatic carbocycles. The third-order valence-corrected chi connectivity index (χ3v) is 5.96. The van der Waals surface area contributed by atoms with E-state index in [0.29, 0.717) is 50.1 Å². The topological polar surface area (TPSA) is 60.3 Å². The van der Waals surface area contributed by atoms with Crippen LogP contribution < -0.4 is 20.1 Å². The second kappa shape index (κ2) is 12.0. The number of aryl methyl sites for hydroxylation is 1. The maximum absolute atomic E-state index is 13.2. The fourth-order valence-corrected chi connectivity index (χ4v) is 4.22. The fraction of sp³-hybridized carbons (Fsp3) is 0.565. The normalized spacial score (nSPS) is 13.6. The van der Waals surface area contributed by atoms with Gasteiger partial charge in [-0.3, -0.25) is 4.68 Å². The molecular formula is C23H30ClF3N4O2S. The van der Waals surface area contributed by atoms with Crippen molar-refractivity contribution < 1.29 is 22.6 Å². The van der Waals surface area contributed by atoms with E-state index in [0.717, 1.165) is 36.3 Å². The fourth-order valence-electron chi connectivity index (χ4n) is 3.62. The van der Waals surface area contributed by atoms with Crippen molar-refractivity contribution in [3.05, 3.63) is 40.2 Å². The molecule has 0 aliphatic heterocycles. The molecule has 0 atom stereocenters. The lowest BCUT2D eigenvalue weighted by Crippen LogP contribution is -2.37. The molecule has 1 fully saturated rings. The van der Waals surface area contributed by atoms with Crippen molar-refractivity contribution in [2.45, 2.75) is 58.2 Å². The largest absolute Gasteiger partial charge is 0.490 e. The Bertz CT molecular complexity index is 980. The summed E-state index contributed by atoms with van der Waals surface area (Å²) < 4.78 is 52.1. The van der Waals surface area contributed by atoms with Crippen molar-refractivity contribution >= 4 is 28.9 Å². The number of benzene rings is 1. The van der Waals surface area contributed by atoms with Gasteiger partial charge in [0.2, 0.25) is 0 Å². The zero-order valence-electron chi connectivity index (χ0n) is 19.3. The number of hydrogen-bond donors (Lipinski definition) is 2. The molecule has 2 aromatic rings. The van der Waals surface area contributed by atoms with Crippen LogP contribution in [0.3, 0.4) is 0 Å². The molecule has 1 saturated carbocycles. The van der Waals surface area contributed by atoms with Crippen LogP contribution in [0.25, 0.3) is 0 Å². The van der Waals surface area contributed by atoms with Crippen LogP contribution in [-0.4, -0.2) is 41.2 Å². The number of alkyl halides is 3. The van der Waals surface area contributed by atoms with E-state index in [1.54, 1.807) is 0 Å². The van der Waals surface area contributed by atoms with Crippen LogP contribution in [0, 0.1) is 0 Å². The number of nitrogens with zero attached hydrogens (tertiary/aromatic N) is 2. The van der Waals surface area contributed by atoms with E-state index in [4.69, 9.17) is 33.3 Å². The molecule has 188 valence electrons. The van der Waals surface area contributed by atoms with Gasteiger partial charge in [-0.15, -0.1) is 0 Å². The van der Waals surface area contributed by atoms with Crippen molar-refractivity contribution in [1.29, 1.82) is 0 Å². The lowest BCUT2D eigenvalue weighted by Gasteiger charge is -2.14. The SMILES string of the molecule is CCOc1ccc(CCNC(=S)NCCCn2nc(C(F)(F)F)c(Cl)c2C2CC2)cc1OCC. The van der Waals surface area contributed by atoms with E-state index in [2.05, 4.69) is 15.7 Å². The van der Waals surface area contributed by atoms with Crippen LogP contribution in [0.1, 0.15) is 56.0 Å².